The second-order valence-corrected chi connectivity index (χ2v) is 8.14. The minimum absolute atomic E-state index is 0.0948. The Morgan fingerprint density at radius 1 is 1.07 bits per heavy atom. The number of nitrogens with one attached hydrogen (secondary N) is 3. The van der Waals surface area contributed by atoms with Crippen molar-refractivity contribution in [3.63, 3.8) is 0 Å². The molecular formula is C21H20ClN3O2S2. The number of halogens is 1. The number of thiophene rings is 1. The first kappa shape index (κ1) is 21.2. The lowest BCUT2D eigenvalue weighted by molar-refractivity contribution is 0.0952. The van der Waals surface area contributed by atoms with Gasteiger partial charge in [-0.15, -0.1) is 11.3 Å². The summed E-state index contributed by atoms with van der Waals surface area (Å²) >= 11 is 12.9. The van der Waals surface area contributed by atoms with Gasteiger partial charge in [-0.05, 0) is 36.8 Å². The molecule has 1 aromatic heterocycles. The first-order valence-corrected chi connectivity index (χ1v) is 10.8. The fraction of sp³-hybridized carbons (Fsp3) is 0.190. The third-order valence-electron chi connectivity index (χ3n) is 4.20. The average Bonchev–Trinajstić information content (AvgIpc) is 3.05. The maximum absolute atomic E-state index is 12.6. The second kappa shape index (κ2) is 9.82. The molecule has 0 aliphatic rings. The monoisotopic (exact) mass is 445 g/mol. The van der Waals surface area contributed by atoms with Crippen LogP contribution in [0.1, 0.15) is 39.8 Å². The number of carbonyl (C=O) groups is 2. The summed E-state index contributed by atoms with van der Waals surface area (Å²) in [5.74, 6) is -0.582. The summed E-state index contributed by atoms with van der Waals surface area (Å²) < 4.78 is 0.927. The number of anilines is 1. The summed E-state index contributed by atoms with van der Waals surface area (Å²) in [7, 11) is 0. The van der Waals surface area contributed by atoms with E-state index in [1.807, 2.05) is 24.3 Å². The maximum Gasteiger partial charge on any atom is 0.269 e. The molecule has 8 heteroatoms. The fourth-order valence-corrected chi connectivity index (χ4v) is 4.35. The molecule has 0 radical (unpaired) electrons. The van der Waals surface area contributed by atoms with E-state index in [4.69, 9.17) is 23.8 Å². The summed E-state index contributed by atoms with van der Waals surface area (Å²) in [5.41, 5.74) is 0.981. The molecule has 0 spiro atoms. The van der Waals surface area contributed by atoms with Crippen LogP contribution in [-0.2, 0) is 0 Å². The van der Waals surface area contributed by atoms with Crippen molar-refractivity contribution in [3.8, 4) is 0 Å². The lowest BCUT2D eigenvalue weighted by Gasteiger charge is -2.13. The van der Waals surface area contributed by atoms with Crippen LogP contribution in [0.3, 0.4) is 0 Å². The van der Waals surface area contributed by atoms with Crippen molar-refractivity contribution in [3.05, 3.63) is 64.0 Å². The van der Waals surface area contributed by atoms with Gasteiger partial charge in [0, 0.05) is 16.6 Å². The van der Waals surface area contributed by atoms with Crippen molar-refractivity contribution in [2.75, 3.05) is 11.9 Å². The molecule has 5 nitrogen and oxygen atoms in total. The van der Waals surface area contributed by atoms with Gasteiger partial charge in [-0.25, -0.2) is 0 Å². The van der Waals surface area contributed by atoms with Gasteiger partial charge in [0.05, 0.1) is 16.3 Å². The zero-order chi connectivity index (χ0) is 20.8. The van der Waals surface area contributed by atoms with Crippen LogP contribution >= 0.6 is 35.2 Å². The number of carbonyl (C=O) groups excluding carboxylic acids is 2. The highest BCUT2D eigenvalue weighted by molar-refractivity contribution is 7.80. The number of rotatable bonds is 6. The van der Waals surface area contributed by atoms with E-state index in [-0.39, 0.29) is 11.0 Å². The molecule has 2 aromatic carbocycles. The predicted octanol–water partition coefficient (Wildman–Crippen LogP) is 5.21. The van der Waals surface area contributed by atoms with Crippen molar-refractivity contribution in [1.82, 2.24) is 10.6 Å². The van der Waals surface area contributed by atoms with Crippen LogP contribution in [0.25, 0.3) is 10.1 Å². The molecule has 0 fully saturated rings. The smallest absolute Gasteiger partial charge is 0.269 e. The van der Waals surface area contributed by atoms with Gasteiger partial charge in [0.25, 0.3) is 11.8 Å². The number of fused-ring (bicyclic) bond motifs is 1. The van der Waals surface area contributed by atoms with Gasteiger partial charge in [0.2, 0.25) is 0 Å². The van der Waals surface area contributed by atoms with Crippen molar-refractivity contribution >= 4 is 67.9 Å². The van der Waals surface area contributed by atoms with Crippen LogP contribution in [0.2, 0.25) is 5.02 Å². The van der Waals surface area contributed by atoms with Crippen LogP contribution in [-0.4, -0.2) is 23.5 Å². The van der Waals surface area contributed by atoms with Crippen LogP contribution in [0.5, 0.6) is 0 Å². The van der Waals surface area contributed by atoms with E-state index in [2.05, 4.69) is 22.9 Å². The first-order valence-electron chi connectivity index (χ1n) is 9.17. The molecule has 150 valence electrons. The fourth-order valence-electron chi connectivity index (χ4n) is 2.74. The van der Waals surface area contributed by atoms with Gasteiger partial charge in [-0.2, -0.15) is 0 Å². The molecule has 3 aromatic rings. The lowest BCUT2D eigenvalue weighted by Crippen LogP contribution is -2.34. The summed E-state index contributed by atoms with van der Waals surface area (Å²) in [6, 6.07) is 14.6. The summed E-state index contributed by atoms with van der Waals surface area (Å²) in [6.45, 7) is 2.67. The maximum atomic E-state index is 12.6. The van der Waals surface area contributed by atoms with Gasteiger partial charge in [-0.1, -0.05) is 55.3 Å². The van der Waals surface area contributed by atoms with E-state index in [9.17, 15) is 9.59 Å². The Morgan fingerprint density at radius 2 is 1.79 bits per heavy atom. The Labute approximate surface area is 183 Å². The van der Waals surface area contributed by atoms with Gasteiger partial charge < -0.3 is 10.6 Å². The molecule has 3 rings (SSSR count). The standard InChI is InChI=1S/C21H20ClN3O2S2/c1-2-3-12-23-19(26)13-8-4-6-10-15(13)24-21(28)25-20(27)18-17(22)14-9-5-7-11-16(14)29-18/h4-11H,2-3,12H2,1H3,(H,23,26)(H2,24,25,27,28). The van der Waals surface area contributed by atoms with Crippen LogP contribution in [0.4, 0.5) is 5.69 Å². The summed E-state index contributed by atoms with van der Waals surface area (Å²) in [6.07, 6.45) is 1.91. The largest absolute Gasteiger partial charge is 0.352 e. The van der Waals surface area contributed by atoms with E-state index < -0.39 is 5.91 Å². The third-order valence-corrected chi connectivity index (χ3v) is 6.08. The zero-order valence-corrected chi connectivity index (χ0v) is 18.1. The predicted molar refractivity (Wildman–Crippen MR) is 124 cm³/mol. The van der Waals surface area contributed by atoms with Gasteiger partial charge in [0.15, 0.2) is 5.11 Å². The minimum Gasteiger partial charge on any atom is -0.352 e. The highest BCUT2D eigenvalue weighted by atomic mass is 35.5. The van der Waals surface area contributed by atoms with Crippen LogP contribution < -0.4 is 16.0 Å². The Balaban J connectivity index is 1.70. The van der Waals surface area contributed by atoms with Crippen molar-refractivity contribution < 1.29 is 9.59 Å². The van der Waals surface area contributed by atoms with E-state index in [0.717, 1.165) is 22.9 Å². The van der Waals surface area contributed by atoms with E-state index >= 15 is 0 Å². The van der Waals surface area contributed by atoms with Gasteiger partial charge in [0.1, 0.15) is 4.88 Å². The number of amides is 2. The van der Waals surface area contributed by atoms with Crippen LogP contribution in [0.15, 0.2) is 48.5 Å². The van der Waals surface area contributed by atoms with Gasteiger partial charge in [-0.3, -0.25) is 14.9 Å². The topological polar surface area (TPSA) is 70.2 Å². The Bertz CT molecular complexity index is 1070. The zero-order valence-electron chi connectivity index (χ0n) is 15.8. The van der Waals surface area contributed by atoms with E-state index in [1.54, 1.807) is 24.3 Å². The quantitative estimate of drug-likeness (QED) is 0.359. The Morgan fingerprint density at radius 3 is 2.55 bits per heavy atom. The molecule has 0 saturated heterocycles. The molecule has 0 saturated carbocycles. The first-order chi connectivity index (χ1) is 14.0. The molecule has 0 atom stereocenters. The normalized spacial score (nSPS) is 10.6. The number of benzene rings is 2. The number of thiocarbonyl (C=S) groups is 1. The molecule has 0 unspecified atom stereocenters. The number of hydrogen-bond acceptors (Lipinski definition) is 4. The Hall–Kier alpha value is -2.48. The molecule has 29 heavy (non-hydrogen) atoms. The molecule has 3 N–H and O–H groups in total. The highest BCUT2D eigenvalue weighted by Crippen LogP contribution is 2.35. The number of hydrogen-bond donors (Lipinski definition) is 3. The SMILES string of the molecule is CCCCNC(=O)c1ccccc1NC(=S)NC(=O)c1sc2ccccc2c1Cl. The van der Waals surface area contributed by atoms with Gasteiger partial charge >= 0.3 is 0 Å². The minimum atomic E-state index is -0.390. The molecule has 2 amide bonds. The summed E-state index contributed by atoms with van der Waals surface area (Å²) in [5, 5.41) is 9.78. The van der Waals surface area contributed by atoms with Crippen molar-refractivity contribution in [2.45, 2.75) is 19.8 Å². The highest BCUT2D eigenvalue weighted by Gasteiger charge is 2.18. The second-order valence-electron chi connectivity index (χ2n) is 6.30. The Kier molecular flexibility index (Phi) is 7.19. The molecule has 0 aliphatic carbocycles. The van der Waals surface area contributed by atoms with Crippen LogP contribution in [0, 0.1) is 0 Å². The van der Waals surface area contributed by atoms with E-state index in [0.29, 0.717) is 27.7 Å². The molecular weight excluding hydrogens is 426 g/mol. The van der Waals surface area contributed by atoms with E-state index in [1.165, 1.54) is 11.3 Å². The van der Waals surface area contributed by atoms with Crippen molar-refractivity contribution in [1.29, 1.82) is 0 Å². The third kappa shape index (κ3) is 5.12. The lowest BCUT2D eigenvalue weighted by atomic mass is 10.1. The van der Waals surface area contributed by atoms with Crippen molar-refractivity contribution in [2.24, 2.45) is 0 Å². The number of para-hydroxylation sites is 1. The average molecular weight is 446 g/mol. The molecule has 0 bridgehead atoms. The molecule has 0 aliphatic heterocycles. The summed E-state index contributed by atoms with van der Waals surface area (Å²) in [4.78, 5) is 25.4. The number of unbranched alkanes of at least 4 members (excludes halogenated alkanes) is 1. The molecule has 1 heterocycles.